The highest BCUT2D eigenvalue weighted by Gasteiger charge is 2.31. The summed E-state index contributed by atoms with van der Waals surface area (Å²) in [5.41, 5.74) is 0.440. The standard InChI is InChI=1S/C21H20F3N3OS/c22-21(23,24)15-4-3-5-16(12-15)25-19(28)13-27-10-8-14(9-11-27)20-26-17-6-1-2-7-18(17)29-20/h1-7,12,14H,8-11,13H2,(H,25,28)/p+1. The van der Waals surface area contributed by atoms with Crippen molar-refractivity contribution in [1.29, 1.82) is 0 Å². The number of thiazole rings is 1. The van der Waals surface area contributed by atoms with Crippen molar-refractivity contribution in [2.75, 3.05) is 25.0 Å². The number of anilines is 1. The summed E-state index contributed by atoms with van der Waals surface area (Å²) >= 11 is 1.73. The Kier molecular flexibility index (Phi) is 5.56. The molecule has 1 aliphatic rings. The summed E-state index contributed by atoms with van der Waals surface area (Å²) < 4.78 is 39.6. The lowest BCUT2D eigenvalue weighted by molar-refractivity contribution is -0.897. The Morgan fingerprint density at radius 2 is 1.90 bits per heavy atom. The summed E-state index contributed by atoms with van der Waals surface area (Å²) in [5.74, 6) is 0.139. The summed E-state index contributed by atoms with van der Waals surface area (Å²) in [5, 5.41) is 3.74. The Hall–Kier alpha value is -2.45. The number of hydrogen-bond acceptors (Lipinski definition) is 3. The van der Waals surface area contributed by atoms with Gasteiger partial charge in [0.1, 0.15) is 0 Å². The van der Waals surface area contributed by atoms with Gasteiger partial charge >= 0.3 is 6.18 Å². The van der Waals surface area contributed by atoms with Crippen molar-refractivity contribution in [3.05, 3.63) is 59.1 Å². The van der Waals surface area contributed by atoms with Gasteiger partial charge in [-0.1, -0.05) is 18.2 Å². The minimum absolute atomic E-state index is 0.175. The lowest BCUT2D eigenvalue weighted by Crippen LogP contribution is -3.14. The topological polar surface area (TPSA) is 46.4 Å². The molecule has 2 heterocycles. The number of quaternary nitrogens is 1. The highest BCUT2D eigenvalue weighted by atomic mass is 32.1. The zero-order valence-electron chi connectivity index (χ0n) is 15.6. The van der Waals surface area contributed by atoms with E-state index in [-0.39, 0.29) is 18.1 Å². The van der Waals surface area contributed by atoms with Crippen LogP contribution in [-0.2, 0) is 11.0 Å². The van der Waals surface area contributed by atoms with E-state index >= 15 is 0 Å². The molecule has 2 N–H and O–H groups in total. The number of fused-ring (bicyclic) bond motifs is 1. The molecule has 1 aromatic heterocycles. The number of likely N-dealkylation sites (tertiary alicyclic amines) is 1. The van der Waals surface area contributed by atoms with E-state index in [4.69, 9.17) is 4.98 Å². The molecule has 3 aromatic rings. The van der Waals surface area contributed by atoms with Crippen LogP contribution in [0.25, 0.3) is 10.2 Å². The zero-order chi connectivity index (χ0) is 20.4. The first-order valence-electron chi connectivity index (χ1n) is 9.54. The highest BCUT2D eigenvalue weighted by molar-refractivity contribution is 7.18. The van der Waals surface area contributed by atoms with Crippen LogP contribution in [0.3, 0.4) is 0 Å². The minimum atomic E-state index is -4.42. The van der Waals surface area contributed by atoms with E-state index in [0.717, 1.165) is 53.5 Å². The van der Waals surface area contributed by atoms with Gasteiger partial charge in [-0.15, -0.1) is 11.3 Å². The van der Waals surface area contributed by atoms with Crippen LogP contribution in [0.4, 0.5) is 18.9 Å². The Bertz CT molecular complexity index is 977. The van der Waals surface area contributed by atoms with Crippen LogP contribution < -0.4 is 10.2 Å². The fourth-order valence-electron chi connectivity index (χ4n) is 3.72. The summed E-state index contributed by atoms with van der Waals surface area (Å²) in [6.07, 6.45) is -2.52. The van der Waals surface area contributed by atoms with Gasteiger partial charge in [-0.25, -0.2) is 4.98 Å². The van der Waals surface area contributed by atoms with Crippen LogP contribution in [0.5, 0.6) is 0 Å². The zero-order valence-corrected chi connectivity index (χ0v) is 16.4. The maximum absolute atomic E-state index is 12.8. The molecule has 2 aromatic carbocycles. The molecule has 0 saturated carbocycles. The third-order valence-corrected chi connectivity index (χ3v) is 6.44. The lowest BCUT2D eigenvalue weighted by atomic mass is 9.97. The molecule has 152 valence electrons. The van der Waals surface area contributed by atoms with Crippen molar-refractivity contribution in [1.82, 2.24) is 4.98 Å². The molecular formula is C21H21F3N3OS+. The molecule has 4 rings (SSSR count). The van der Waals surface area contributed by atoms with Crippen molar-refractivity contribution in [2.24, 2.45) is 0 Å². The second kappa shape index (κ2) is 8.12. The molecule has 4 nitrogen and oxygen atoms in total. The minimum Gasteiger partial charge on any atom is -0.327 e. The second-order valence-corrected chi connectivity index (χ2v) is 8.41. The Morgan fingerprint density at radius 3 is 2.62 bits per heavy atom. The van der Waals surface area contributed by atoms with Crippen molar-refractivity contribution >= 4 is 33.1 Å². The van der Waals surface area contributed by atoms with E-state index in [0.29, 0.717) is 5.92 Å². The predicted molar refractivity (Wildman–Crippen MR) is 107 cm³/mol. The number of benzene rings is 2. The maximum Gasteiger partial charge on any atom is 0.416 e. The van der Waals surface area contributed by atoms with Crippen LogP contribution >= 0.6 is 11.3 Å². The number of carbonyl (C=O) groups excluding carboxylic acids is 1. The quantitative estimate of drug-likeness (QED) is 0.676. The van der Waals surface area contributed by atoms with Crippen molar-refractivity contribution < 1.29 is 22.9 Å². The third-order valence-electron chi connectivity index (χ3n) is 5.24. The number of nitrogens with zero attached hydrogens (tertiary/aromatic N) is 1. The van der Waals surface area contributed by atoms with Gasteiger partial charge in [-0.3, -0.25) is 4.79 Å². The molecule has 0 spiro atoms. The molecule has 0 radical (unpaired) electrons. The fourth-order valence-corrected chi connectivity index (χ4v) is 4.86. The van der Waals surface area contributed by atoms with Crippen LogP contribution in [0.15, 0.2) is 48.5 Å². The predicted octanol–water partition coefficient (Wildman–Crippen LogP) is 3.72. The first kappa shape index (κ1) is 19.8. The molecule has 0 unspecified atom stereocenters. The van der Waals surface area contributed by atoms with E-state index in [1.807, 2.05) is 18.2 Å². The number of piperidine rings is 1. The number of hydrogen-bond donors (Lipinski definition) is 2. The lowest BCUT2D eigenvalue weighted by Gasteiger charge is -2.27. The molecule has 1 aliphatic heterocycles. The van der Waals surface area contributed by atoms with E-state index in [1.165, 1.54) is 16.8 Å². The number of amides is 1. The molecule has 29 heavy (non-hydrogen) atoms. The molecule has 0 atom stereocenters. The first-order chi connectivity index (χ1) is 13.9. The second-order valence-electron chi connectivity index (χ2n) is 7.35. The van der Waals surface area contributed by atoms with Gasteiger partial charge < -0.3 is 10.2 Å². The largest absolute Gasteiger partial charge is 0.416 e. The van der Waals surface area contributed by atoms with Gasteiger partial charge in [0.25, 0.3) is 5.91 Å². The van der Waals surface area contributed by atoms with Gasteiger partial charge in [0, 0.05) is 24.4 Å². The van der Waals surface area contributed by atoms with E-state index in [1.54, 1.807) is 11.3 Å². The van der Waals surface area contributed by atoms with Crippen molar-refractivity contribution in [3.8, 4) is 0 Å². The Labute approximate surface area is 170 Å². The van der Waals surface area contributed by atoms with Crippen molar-refractivity contribution in [3.63, 3.8) is 0 Å². The fraction of sp³-hybridized carbons (Fsp3) is 0.333. The molecule has 0 bridgehead atoms. The number of para-hydroxylation sites is 1. The SMILES string of the molecule is O=C(C[NH+]1CCC(c2nc3ccccc3s2)CC1)Nc1cccc(C(F)(F)F)c1. The number of alkyl halides is 3. The van der Waals surface area contributed by atoms with Crippen LogP contribution in [-0.4, -0.2) is 30.5 Å². The number of nitrogens with one attached hydrogen (secondary N) is 2. The molecule has 0 aliphatic carbocycles. The van der Waals surface area contributed by atoms with Crippen LogP contribution in [0.1, 0.15) is 29.3 Å². The third kappa shape index (κ3) is 4.76. The normalized spacial score (nSPS) is 20.0. The first-order valence-corrected chi connectivity index (χ1v) is 10.4. The number of carbonyl (C=O) groups is 1. The summed E-state index contributed by atoms with van der Waals surface area (Å²) in [6.45, 7) is 1.94. The highest BCUT2D eigenvalue weighted by Crippen LogP contribution is 2.32. The van der Waals surface area contributed by atoms with Gasteiger partial charge in [-0.05, 0) is 30.3 Å². The molecule has 1 amide bonds. The van der Waals surface area contributed by atoms with Gasteiger partial charge in [0.15, 0.2) is 6.54 Å². The van der Waals surface area contributed by atoms with E-state index in [2.05, 4.69) is 11.4 Å². The average molecular weight is 420 g/mol. The van der Waals surface area contributed by atoms with Crippen molar-refractivity contribution in [2.45, 2.75) is 24.9 Å². The maximum atomic E-state index is 12.8. The Balaban J connectivity index is 1.31. The van der Waals surface area contributed by atoms with Gasteiger partial charge in [-0.2, -0.15) is 13.2 Å². The Morgan fingerprint density at radius 1 is 1.14 bits per heavy atom. The number of aromatic nitrogens is 1. The van der Waals surface area contributed by atoms with E-state index in [9.17, 15) is 18.0 Å². The summed E-state index contributed by atoms with van der Waals surface area (Å²) in [6, 6.07) is 12.8. The molecule has 1 fully saturated rings. The summed E-state index contributed by atoms with van der Waals surface area (Å²) in [7, 11) is 0. The number of halogens is 3. The molecule has 1 saturated heterocycles. The van der Waals surface area contributed by atoms with Crippen LogP contribution in [0, 0.1) is 0 Å². The average Bonchev–Trinajstić information content (AvgIpc) is 3.12. The van der Waals surface area contributed by atoms with Gasteiger partial charge in [0.2, 0.25) is 0 Å². The monoisotopic (exact) mass is 420 g/mol. The molecular weight excluding hydrogens is 399 g/mol. The smallest absolute Gasteiger partial charge is 0.327 e. The van der Waals surface area contributed by atoms with E-state index < -0.39 is 11.7 Å². The number of rotatable bonds is 4. The summed E-state index contributed by atoms with van der Waals surface area (Å²) in [4.78, 5) is 18.2. The van der Waals surface area contributed by atoms with Gasteiger partial charge in [0.05, 0.1) is 33.9 Å². The van der Waals surface area contributed by atoms with Crippen LogP contribution in [0.2, 0.25) is 0 Å². The molecule has 8 heteroatoms.